The standard InChI is InChI=1S/C28H21N3O2/c1-19-17-23(27(33)20-11-5-2-6-12-20)30-28-26(19)24(32)18-25(29-21-13-7-3-8-14-21)31(28)22-15-9-4-10-16-22/h2-18,29H,1H3. The fraction of sp³-hybridized carbons (Fsp3) is 0.0357. The van der Waals surface area contributed by atoms with E-state index >= 15 is 0 Å². The molecule has 2 aromatic heterocycles. The molecule has 0 atom stereocenters. The van der Waals surface area contributed by atoms with E-state index < -0.39 is 0 Å². The predicted octanol–water partition coefficient (Wildman–Crippen LogP) is 5.67. The smallest absolute Gasteiger partial charge is 0.211 e. The summed E-state index contributed by atoms with van der Waals surface area (Å²) >= 11 is 0. The first-order chi connectivity index (χ1) is 16.1. The minimum absolute atomic E-state index is 0.153. The van der Waals surface area contributed by atoms with Crippen molar-refractivity contribution in [2.75, 3.05) is 5.32 Å². The van der Waals surface area contributed by atoms with Gasteiger partial charge in [0.1, 0.15) is 11.5 Å². The first kappa shape index (κ1) is 20.4. The zero-order chi connectivity index (χ0) is 22.8. The summed E-state index contributed by atoms with van der Waals surface area (Å²) in [5, 5.41) is 3.83. The number of aromatic nitrogens is 2. The maximum absolute atomic E-state index is 13.2. The number of carbonyl (C=O) groups excluding carboxylic acids is 1. The Kier molecular flexibility index (Phi) is 5.29. The number of ketones is 1. The van der Waals surface area contributed by atoms with Crippen LogP contribution in [-0.4, -0.2) is 15.3 Å². The Labute approximate surface area is 191 Å². The van der Waals surface area contributed by atoms with Gasteiger partial charge in [-0.1, -0.05) is 66.7 Å². The van der Waals surface area contributed by atoms with Gasteiger partial charge in [-0.15, -0.1) is 0 Å². The Morgan fingerprint density at radius 1 is 0.818 bits per heavy atom. The second-order valence-corrected chi connectivity index (χ2v) is 7.77. The van der Waals surface area contributed by atoms with Gasteiger partial charge in [-0.2, -0.15) is 0 Å². The molecule has 2 heterocycles. The summed E-state index contributed by atoms with van der Waals surface area (Å²) in [6, 6.07) is 31.6. The quantitative estimate of drug-likeness (QED) is 0.364. The number of nitrogens with zero attached hydrogens (tertiary/aromatic N) is 2. The summed E-state index contributed by atoms with van der Waals surface area (Å²) in [4.78, 5) is 31.1. The van der Waals surface area contributed by atoms with Gasteiger partial charge in [0.15, 0.2) is 11.1 Å². The molecular weight excluding hydrogens is 410 g/mol. The Bertz CT molecular complexity index is 1510. The molecule has 0 aliphatic rings. The summed E-state index contributed by atoms with van der Waals surface area (Å²) < 4.78 is 1.89. The molecule has 0 bridgehead atoms. The third-order valence-electron chi connectivity index (χ3n) is 5.49. The lowest BCUT2D eigenvalue weighted by molar-refractivity contribution is 0.103. The minimum atomic E-state index is -0.186. The second-order valence-electron chi connectivity index (χ2n) is 7.77. The molecule has 5 nitrogen and oxygen atoms in total. The molecule has 5 aromatic rings. The van der Waals surface area contributed by atoms with Crippen molar-refractivity contribution < 1.29 is 4.79 Å². The average molecular weight is 431 g/mol. The topological polar surface area (TPSA) is 64.0 Å². The minimum Gasteiger partial charge on any atom is -0.341 e. The highest BCUT2D eigenvalue weighted by Gasteiger charge is 2.19. The van der Waals surface area contributed by atoms with E-state index in [1.807, 2.05) is 90.4 Å². The van der Waals surface area contributed by atoms with Crippen LogP contribution in [0.1, 0.15) is 21.6 Å². The van der Waals surface area contributed by atoms with E-state index in [0.29, 0.717) is 33.7 Å². The number of aryl methyl sites for hydroxylation is 1. The molecule has 33 heavy (non-hydrogen) atoms. The zero-order valence-corrected chi connectivity index (χ0v) is 18.0. The number of rotatable bonds is 5. The molecule has 5 rings (SSSR count). The second kappa shape index (κ2) is 8.55. The van der Waals surface area contributed by atoms with Crippen LogP contribution in [0.2, 0.25) is 0 Å². The Morgan fingerprint density at radius 3 is 2.09 bits per heavy atom. The first-order valence-electron chi connectivity index (χ1n) is 10.7. The first-order valence-corrected chi connectivity index (χ1v) is 10.7. The van der Waals surface area contributed by atoms with E-state index in [2.05, 4.69) is 5.32 Å². The lowest BCUT2D eigenvalue weighted by Crippen LogP contribution is -2.16. The van der Waals surface area contributed by atoms with Gasteiger partial charge >= 0.3 is 0 Å². The van der Waals surface area contributed by atoms with Gasteiger partial charge in [0, 0.05) is 23.0 Å². The largest absolute Gasteiger partial charge is 0.341 e. The molecule has 1 N–H and O–H groups in total. The number of benzene rings is 3. The summed E-state index contributed by atoms with van der Waals surface area (Å²) in [6.45, 7) is 1.84. The van der Waals surface area contributed by atoms with Crippen molar-refractivity contribution in [1.82, 2.24) is 9.55 Å². The highest BCUT2D eigenvalue weighted by atomic mass is 16.1. The monoisotopic (exact) mass is 431 g/mol. The maximum Gasteiger partial charge on any atom is 0.211 e. The SMILES string of the molecule is Cc1cc(C(=O)c2ccccc2)nc2c1c(=O)cc(Nc1ccccc1)n2-c1ccccc1. The molecular formula is C28H21N3O2. The van der Waals surface area contributed by atoms with Gasteiger partial charge in [0.2, 0.25) is 5.78 Å². The summed E-state index contributed by atoms with van der Waals surface area (Å²) in [6.07, 6.45) is 0. The number of anilines is 2. The molecule has 0 saturated carbocycles. The molecule has 0 spiro atoms. The van der Waals surface area contributed by atoms with Crippen LogP contribution in [0.5, 0.6) is 0 Å². The van der Waals surface area contributed by atoms with Crippen LogP contribution in [0.25, 0.3) is 16.7 Å². The Hall–Kier alpha value is -4.51. The number of para-hydroxylation sites is 2. The maximum atomic E-state index is 13.2. The molecule has 0 unspecified atom stereocenters. The van der Waals surface area contributed by atoms with Gasteiger partial charge < -0.3 is 5.32 Å². The molecule has 0 aliphatic carbocycles. The zero-order valence-electron chi connectivity index (χ0n) is 18.0. The lowest BCUT2D eigenvalue weighted by atomic mass is 10.0. The summed E-state index contributed by atoms with van der Waals surface area (Å²) in [5.74, 6) is 0.384. The highest BCUT2D eigenvalue weighted by Crippen LogP contribution is 2.26. The lowest BCUT2D eigenvalue weighted by Gasteiger charge is -2.19. The Balaban J connectivity index is 1.79. The molecule has 3 aromatic carbocycles. The number of carbonyl (C=O) groups is 1. The highest BCUT2D eigenvalue weighted by molar-refractivity contribution is 6.08. The van der Waals surface area contributed by atoms with Gasteiger partial charge in [-0.3, -0.25) is 14.2 Å². The summed E-state index contributed by atoms with van der Waals surface area (Å²) in [5.41, 5.74) is 3.51. The van der Waals surface area contributed by atoms with Crippen LogP contribution in [0, 0.1) is 6.92 Å². The normalized spacial score (nSPS) is 10.8. The van der Waals surface area contributed by atoms with Gasteiger partial charge in [0.05, 0.1) is 5.39 Å². The van der Waals surface area contributed by atoms with Crippen LogP contribution in [0.15, 0.2) is 108 Å². The van der Waals surface area contributed by atoms with Gasteiger partial charge in [0.25, 0.3) is 0 Å². The third-order valence-corrected chi connectivity index (χ3v) is 5.49. The molecule has 0 amide bonds. The van der Waals surface area contributed by atoms with E-state index in [9.17, 15) is 9.59 Å². The van der Waals surface area contributed by atoms with Crippen molar-refractivity contribution in [2.24, 2.45) is 0 Å². The summed E-state index contributed by atoms with van der Waals surface area (Å²) in [7, 11) is 0. The number of hydrogen-bond donors (Lipinski definition) is 1. The molecule has 5 heteroatoms. The van der Waals surface area contributed by atoms with Gasteiger partial charge in [-0.25, -0.2) is 4.98 Å². The van der Waals surface area contributed by atoms with E-state index in [4.69, 9.17) is 4.98 Å². The van der Waals surface area contributed by atoms with Crippen molar-refractivity contribution in [1.29, 1.82) is 0 Å². The van der Waals surface area contributed by atoms with Crippen molar-refractivity contribution in [3.8, 4) is 5.69 Å². The van der Waals surface area contributed by atoms with Crippen molar-refractivity contribution in [2.45, 2.75) is 6.92 Å². The van der Waals surface area contributed by atoms with E-state index in [0.717, 1.165) is 11.4 Å². The molecule has 0 saturated heterocycles. The van der Waals surface area contributed by atoms with Crippen LogP contribution in [0.3, 0.4) is 0 Å². The van der Waals surface area contributed by atoms with Crippen molar-refractivity contribution in [3.05, 3.63) is 130 Å². The fourth-order valence-corrected chi connectivity index (χ4v) is 3.95. The molecule has 0 radical (unpaired) electrons. The van der Waals surface area contributed by atoms with E-state index in [-0.39, 0.29) is 11.2 Å². The average Bonchev–Trinajstić information content (AvgIpc) is 2.85. The Morgan fingerprint density at radius 2 is 1.42 bits per heavy atom. The number of fused-ring (bicyclic) bond motifs is 1. The number of hydrogen-bond acceptors (Lipinski definition) is 4. The predicted molar refractivity (Wildman–Crippen MR) is 132 cm³/mol. The van der Waals surface area contributed by atoms with Crippen molar-refractivity contribution >= 4 is 28.3 Å². The van der Waals surface area contributed by atoms with Gasteiger partial charge in [-0.05, 0) is 42.8 Å². The molecule has 0 fully saturated rings. The van der Waals surface area contributed by atoms with Crippen LogP contribution in [-0.2, 0) is 0 Å². The van der Waals surface area contributed by atoms with Crippen LogP contribution >= 0.6 is 0 Å². The third kappa shape index (κ3) is 3.92. The molecule has 0 aliphatic heterocycles. The van der Waals surface area contributed by atoms with Crippen LogP contribution in [0.4, 0.5) is 11.5 Å². The number of nitrogens with one attached hydrogen (secondary N) is 1. The van der Waals surface area contributed by atoms with Crippen molar-refractivity contribution in [3.63, 3.8) is 0 Å². The van der Waals surface area contributed by atoms with E-state index in [1.54, 1.807) is 24.3 Å². The molecule has 160 valence electrons. The van der Waals surface area contributed by atoms with Crippen LogP contribution < -0.4 is 10.7 Å². The number of pyridine rings is 2. The fourth-order valence-electron chi connectivity index (χ4n) is 3.95. The van der Waals surface area contributed by atoms with E-state index in [1.165, 1.54) is 0 Å².